The number of carbonyl (C=O) groups is 1. The highest BCUT2D eigenvalue weighted by Gasteiger charge is 2.66. The van der Waals surface area contributed by atoms with Gasteiger partial charge < -0.3 is 14.9 Å². The number of Topliss-reactive ketones (excluding diaryl/α,β-unsaturated/α-hetero) is 1. The van der Waals surface area contributed by atoms with Gasteiger partial charge in [-0.05, 0) is 38.0 Å². The molecule has 3 rings (SSSR count). The first-order chi connectivity index (χ1) is 12.5. The molecule has 0 aromatic heterocycles. The van der Waals surface area contributed by atoms with Crippen LogP contribution in [0.25, 0.3) is 0 Å². The topological polar surface area (TPSA) is 66.8 Å². The summed E-state index contributed by atoms with van der Waals surface area (Å²) in [5, 5.41) is 21.2. The smallest absolute Gasteiger partial charge is 0.168 e. The van der Waals surface area contributed by atoms with E-state index in [2.05, 4.69) is 6.92 Å². The number of ketones is 1. The number of methoxy groups -OCH3 is 1. The summed E-state index contributed by atoms with van der Waals surface area (Å²) in [6.07, 6.45) is 13.0. The van der Waals surface area contributed by atoms with Gasteiger partial charge in [-0.1, -0.05) is 51.2 Å². The molecule has 0 heterocycles. The molecule has 0 aromatic rings. The third kappa shape index (κ3) is 3.53. The first-order valence-corrected chi connectivity index (χ1v) is 10.7. The van der Waals surface area contributed by atoms with Crippen LogP contribution in [0, 0.1) is 23.7 Å². The van der Waals surface area contributed by atoms with Crippen LogP contribution in [-0.4, -0.2) is 40.9 Å². The van der Waals surface area contributed by atoms with E-state index in [0.29, 0.717) is 18.8 Å². The lowest BCUT2D eigenvalue weighted by molar-refractivity contribution is -0.209. The third-order valence-corrected chi connectivity index (χ3v) is 7.29. The van der Waals surface area contributed by atoms with Gasteiger partial charge in [-0.25, -0.2) is 0 Å². The molecule has 2 N–H and O–H groups in total. The second-order valence-electron chi connectivity index (χ2n) is 8.69. The molecular weight excluding hydrogens is 328 g/mol. The molecule has 26 heavy (non-hydrogen) atoms. The summed E-state index contributed by atoms with van der Waals surface area (Å²) < 4.78 is 5.74. The van der Waals surface area contributed by atoms with E-state index in [4.69, 9.17) is 4.74 Å². The van der Waals surface area contributed by atoms with Gasteiger partial charge in [0.05, 0.1) is 12.2 Å². The lowest BCUT2D eigenvalue weighted by Gasteiger charge is -2.58. The highest BCUT2D eigenvalue weighted by atomic mass is 16.5. The Bertz CT molecular complexity index is 510. The van der Waals surface area contributed by atoms with Gasteiger partial charge in [-0.3, -0.25) is 4.79 Å². The van der Waals surface area contributed by atoms with Crippen LogP contribution in [0.1, 0.15) is 71.1 Å². The fourth-order valence-electron chi connectivity index (χ4n) is 5.73. The summed E-state index contributed by atoms with van der Waals surface area (Å²) in [6.45, 7) is 2.14. The van der Waals surface area contributed by atoms with Crippen molar-refractivity contribution in [3.05, 3.63) is 12.2 Å². The number of hydrogen-bond acceptors (Lipinski definition) is 4. The maximum Gasteiger partial charge on any atom is 0.168 e. The van der Waals surface area contributed by atoms with Crippen molar-refractivity contribution < 1.29 is 19.7 Å². The fourth-order valence-corrected chi connectivity index (χ4v) is 5.73. The summed E-state index contributed by atoms with van der Waals surface area (Å²) in [5.41, 5.74) is -0.706. The first kappa shape index (κ1) is 20.0. The zero-order valence-corrected chi connectivity index (χ0v) is 16.4. The zero-order valence-electron chi connectivity index (χ0n) is 16.4. The summed E-state index contributed by atoms with van der Waals surface area (Å²) in [7, 11) is 1.64. The van der Waals surface area contributed by atoms with Gasteiger partial charge >= 0.3 is 0 Å². The quantitative estimate of drug-likeness (QED) is 0.677. The van der Waals surface area contributed by atoms with Gasteiger partial charge in [-0.2, -0.15) is 0 Å². The van der Waals surface area contributed by atoms with Crippen LogP contribution in [0.5, 0.6) is 0 Å². The highest BCUT2D eigenvalue weighted by Crippen LogP contribution is 2.56. The Labute approximate surface area is 158 Å². The van der Waals surface area contributed by atoms with Crippen LogP contribution in [0.15, 0.2) is 12.2 Å². The number of fused-ring (bicyclic) bond motifs is 1. The average Bonchev–Trinajstić information content (AvgIpc) is 2.68. The van der Waals surface area contributed by atoms with Gasteiger partial charge in [0.1, 0.15) is 5.60 Å². The monoisotopic (exact) mass is 364 g/mol. The van der Waals surface area contributed by atoms with Crippen molar-refractivity contribution in [3.63, 3.8) is 0 Å². The van der Waals surface area contributed by atoms with E-state index >= 15 is 0 Å². The Morgan fingerprint density at radius 2 is 2.00 bits per heavy atom. The lowest BCUT2D eigenvalue weighted by atomic mass is 9.49. The molecule has 3 aliphatic carbocycles. The van der Waals surface area contributed by atoms with Crippen LogP contribution in [0.2, 0.25) is 0 Å². The number of carbonyl (C=O) groups excluding carboxylic acids is 1. The number of aliphatic hydroxyl groups excluding tert-OH is 2. The Hall–Kier alpha value is -0.710. The molecule has 4 heteroatoms. The van der Waals surface area contributed by atoms with Gasteiger partial charge in [0.2, 0.25) is 0 Å². The summed E-state index contributed by atoms with van der Waals surface area (Å²) in [6, 6.07) is 0. The molecule has 3 aliphatic rings. The SMILES string of the molecule is CCCCC1C(=O)C2(OC)CC[C@H](O)[C@@H](/C=C/[C@H](O)C3CCCCC3)[C@H]12. The molecule has 0 radical (unpaired) electrons. The predicted molar refractivity (Wildman–Crippen MR) is 102 cm³/mol. The van der Waals surface area contributed by atoms with Crippen molar-refractivity contribution in [2.24, 2.45) is 23.7 Å². The number of ether oxygens (including phenoxy) is 1. The van der Waals surface area contributed by atoms with E-state index < -0.39 is 17.8 Å². The fraction of sp³-hybridized carbons (Fsp3) is 0.864. The lowest BCUT2D eigenvalue weighted by Crippen LogP contribution is -2.70. The Balaban J connectivity index is 1.74. The molecule has 148 valence electrons. The predicted octanol–water partition coefficient (Wildman–Crippen LogP) is 3.65. The summed E-state index contributed by atoms with van der Waals surface area (Å²) >= 11 is 0. The zero-order chi connectivity index (χ0) is 18.7. The minimum absolute atomic E-state index is 0.00803. The Kier molecular flexibility index (Phi) is 6.58. The maximum absolute atomic E-state index is 12.8. The molecule has 4 nitrogen and oxygen atoms in total. The minimum atomic E-state index is -0.706. The summed E-state index contributed by atoms with van der Waals surface area (Å²) in [5.74, 6) is 0.515. The van der Waals surface area contributed by atoms with E-state index in [1.807, 2.05) is 12.2 Å². The second-order valence-corrected chi connectivity index (χ2v) is 8.69. The molecule has 3 saturated carbocycles. The van der Waals surface area contributed by atoms with Crippen molar-refractivity contribution in [1.82, 2.24) is 0 Å². The largest absolute Gasteiger partial charge is 0.393 e. The third-order valence-electron chi connectivity index (χ3n) is 7.29. The van der Waals surface area contributed by atoms with Crippen LogP contribution in [-0.2, 0) is 9.53 Å². The normalized spacial score (nSPS) is 39.6. The Morgan fingerprint density at radius 1 is 1.27 bits per heavy atom. The van der Waals surface area contributed by atoms with Crippen LogP contribution >= 0.6 is 0 Å². The Morgan fingerprint density at radius 3 is 2.65 bits per heavy atom. The van der Waals surface area contributed by atoms with E-state index in [-0.39, 0.29) is 23.5 Å². The molecule has 0 aliphatic heterocycles. The van der Waals surface area contributed by atoms with Crippen LogP contribution in [0.4, 0.5) is 0 Å². The van der Waals surface area contributed by atoms with Gasteiger partial charge in [0.15, 0.2) is 5.78 Å². The number of unbranched alkanes of at least 4 members (excludes halogenated alkanes) is 1. The molecule has 3 fully saturated rings. The van der Waals surface area contributed by atoms with Crippen molar-refractivity contribution in [1.29, 1.82) is 0 Å². The van der Waals surface area contributed by atoms with E-state index in [1.54, 1.807) is 7.11 Å². The average molecular weight is 365 g/mol. The molecule has 0 amide bonds. The van der Waals surface area contributed by atoms with Crippen LogP contribution in [0.3, 0.4) is 0 Å². The molecule has 0 aromatic carbocycles. The van der Waals surface area contributed by atoms with E-state index in [9.17, 15) is 15.0 Å². The van der Waals surface area contributed by atoms with Gasteiger partial charge in [0, 0.05) is 24.9 Å². The van der Waals surface area contributed by atoms with Gasteiger partial charge in [-0.15, -0.1) is 0 Å². The van der Waals surface area contributed by atoms with Crippen LogP contribution < -0.4 is 0 Å². The number of rotatable bonds is 7. The molecule has 0 spiro atoms. The molecule has 0 bridgehead atoms. The molecule has 0 saturated heterocycles. The molecular formula is C22H36O4. The second kappa shape index (κ2) is 8.53. The van der Waals surface area contributed by atoms with E-state index in [1.165, 1.54) is 19.3 Å². The molecule has 6 atom stereocenters. The van der Waals surface area contributed by atoms with E-state index in [0.717, 1.165) is 32.1 Å². The number of hydrogen-bond donors (Lipinski definition) is 2. The first-order valence-electron chi connectivity index (χ1n) is 10.7. The van der Waals surface area contributed by atoms with Crippen molar-refractivity contribution in [3.8, 4) is 0 Å². The van der Waals surface area contributed by atoms with Crippen molar-refractivity contribution in [2.75, 3.05) is 7.11 Å². The van der Waals surface area contributed by atoms with Crippen molar-refractivity contribution >= 4 is 5.78 Å². The molecule has 2 unspecified atom stereocenters. The standard InChI is InChI=1S/C22H36O4/c1-3-4-10-17-20-16(11-12-18(23)15-8-6-5-7-9-15)19(24)13-14-22(20,26-2)21(17)25/h11-12,15-20,23-24H,3-10,13-14H2,1-2H3/b12-11+/t16-,17?,18+,19+,20-,22?/m1/s1. The highest BCUT2D eigenvalue weighted by molar-refractivity contribution is 5.97. The number of aliphatic hydroxyl groups is 2. The summed E-state index contributed by atoms with van der Waals surface area (Å²) in [4.78, 5) is 12.8. The van der Waals surface area contributed by atoms with Gasteiger partial charge in [0.25, 0.3) is 0 Å². The maximum atomic E-state index is 12.8. The minimum Gasteiger partial charge on any atom is -0.393 e. The van der Waals surface area contributed by atoms with Crippen molar-refractivity contribution in [2.45, 2.75) is 88.9 Å².